The summed E-state index contributed by atoms with van der Waals surface area (Å²) in [7, 11) is -4.67. The molecule has 0 heterocycles. The number of nitrogens with one attached hydrogen (secondary N) is 1. The second-order valence-electron chi connectivity index (χ2n) is 4.54. The van der Waals surface area contributed by atoms with Crippen LogP contribution in [0.15, 0.2) is 18.2 Å². The minimum atomic E-state index is -4.67. The van der Waals surface area contributed by atoms with E-state index in [2.05, 4.69) is 12.2 Å². The van der Waals surface area contributed by atoms with E-state index in [1.807, 2.05) is 0 Å². The summed E-state index contributed by atoms with van der Waals surface area (Å²) in [5, 5.41) is 31.8. The first-order valence-corrected chi connectivity index (χ1v) is 7.56. The molecule has 6 N–H and O–H groups in total. The summed E-state index contributed by atoms with van der Waals surface area (Å²) >= 11 is 0. The van der Waals surface area contributed by atoms with Crippen molar-refractivity contribution in [2.75, 3.05) is 6.54 Å². The average molecular weight is 323 g/mol. The van der Waals surface area contributed by atoms with Crippen molar-refractivity contribution < 1.29 is 32.8 Å². The lowest BCUT2D eigenvalue weighted by molar-refractivity contribution is 0.0195. The highest BCUT2D eigenvalue weighted by atomic mass is 32.3. The summed E-state index contributed by atoms with van der Waals surface area (Å²) < 4.78 is 31.6. The van der Waals surface area contributed by atoms with Gasteiger partial charge in [-0.05, 0) is 32.0 Å². The van der Waals surface area contributed by atoms with Gasteiger partial charge in [-0.1, -0.05) is 13.3 Å². The Morgan fingerprint density at radius 2 is 1.57 bits per heavy atom. The number of phenols is 2. The number of rotatable bonds is 5. The Kier molecular flexibility index (Phi) is 7.61. The molecule has 0 radical (unpaired) electrons. The van der Waals surface area contributed by atoms with E-state index in [4.69, 9.17) is 17.5 Å². The van der Waals surface area contributed by atoms with Gasteiger partial charge in [-0.3, -0.25) is 14.4 Å². The lowest BCUT2D eigenvalue weighted by Gasteiger charge is -2.25. The molecule has 21 heavy (non-hydrogen) atoms. The van der Waals surface area contributed by atoms with Crippen LogP contribution in [-0.2, 0) is 16.1 Å². The number of hydrogen-bond donors (Lipinski definition) is 6. The first kappa shape index (κ1) is 19.6. The van der Waals surface area contributed by atoms with Gasteiger partial charge in [0.25, 0.3) is 0 Å². The van der Waals surface area contributed by atoms with Gasteiger partial charge in [0.2, 0.25) is 0 Å². The smallest absolute Gasteiger partial charge is 0.394 e. The molecule has 0 aliphatic rings. The number of hydrogen-bond acceptors (Lipinski definition) is 6. The van der Waals surface area contributed by atoms with Crippen LogP contribution in [0, 0.1) is 0 Å². The van der Waals surface area contributed by atoms with Crippen molar-refractivity contribution in [1.29, 1.82) is 0 Å². The van der Waals surface area contributed by atoms with E-state index in [1.165, 1.54) is 18.2 Å². The van der Waals surface area contributed by atoms with Crippen molar-refractivity contribution in [2.24, 2.45) is 0 Å². The third-order valence-electron chi connectivity index (χ3n) is 2.46. The molecule has 9 heteroatoms. The second kappa shape index (κ2) is 8.15. The monoisotopic (exact) mass is 323 g/mol. The summed E-state index contributed by atoms with van der Waals surface area (Å²) in [5.41, 5.74) is -0.799. The minimum Gasteiger partial charge on any atom is -0.508 e. The maximum atomic E-state index is 10.1. The van der Waals surface area contributed by atoms with Crippen LogP contribution in [0.1, 0.15) is 32.3 Å². The maximum Gasteiger partial charge on any atom is 0.394 e. The van der Waals surface area contributed by atoms with E-state index < -0.39 is 16.1 Å². The van der Waals surface area contributed by atoms with E-state index in [1.54, 1.807) is 6.92 Å². The molecule has 122 valence electrons. The molecule has 1 aromatic carbocycles. The van der Waals surface area contributed by atoms with Gasteiger partial charge >= 0.3 is 10.4 Å². The molecular formula is C12H21NO7S. The van der Waals surface area contributed by atoms with Crippen LogP contribution in [0.25, 0.3) is 0 Å². The zero-order valence-electron chi connectivity index (χ0n) is 11.8. The third kappa shape index (κ3) is 10.0. The fourth-order valence-electron chi connectivity index (χ4n) is 1.49. The first-order chi connectivity index (χ1) is 9.45. The van der Waals surface area contributed by atoms with E-state index in [0.29, 0.717) is 12.1 Å². The molecule has 1 aromatic rings. The van der Waals surface area contributed by atoms with Crippen molar-refractivity contribution in [1.82, 2.24) is 5.32 Å². The van der Waals surface area contributed by atoms with Crippen molar-refractivity contribution in [3.05, 3.63) is 23.8 Å². The topological polar surface area (TPSA) is 147 Å². The Morgan fingerprint density at radius 3 is 1.95 bits per heavy atom. The summed E-state index contributed by atoms with van der Waals surface area (Å²) in [5.74, 6) is -0.125. The van der Waals surface area contributed by atoms with Crippen molar-refractivity contribution in [3.63, 3.8) is 0 Å². The Bertz CT molecular complexity index is 514. The number of benzene rings is 1. The highest BCUT2D eigenvalue weighted by Crippen LogP contribution is 2.26. The SMILES string of the molecule is CCCCNC(C)(O)c1cc(O)cc(O)c1.O=S(=O)(O)O. The fraction of sp³-hybridized carbons (Fsp3) is 0.500. The normalized spacial score (nSPS) is 14.0. The van der Waals surface area contributed by atoms with Crippen molar-refractivity contribution >= 4 is 10.4 Å². The highest BCUT2D eigenvalue weighted by molar-refractivity contribution is 7.79. The fourth-order valence-corrected chi connectivity index (χ4v) is 1.49. The highest BCUT2D eigenvalue weighted by Gasteiger charge is 2.22. The Morgan fingerprint density at radius 1 is 1.14 bits per heavy atom. The molecule has 0 bridgehead atoms. The minimum absolute atomic E-state index is 0.0624. The molecule has 0 saturated heterocycles. The van der Waals surface area contributed by atoms with Gasteiger partial charge in [0.1, 0.15) is 17.2 Å². The molecule has 1 atom stereocenters. The second-order valence-corrected chi connectivity index (χ2v) is 5.43. The van der Waals surface area contributed by atoms with Crippen LogP contribution >= 0.6 is 0 Å². The number of unbranched alkanes of at least 4 members (excludes halogenated alkanes) is 1. The molecule has 0 aliphatic heterocycles. The lowest BCUT2D eigenvalue weighted by atomic mass is 10.0. The molecule has 0 aromatic heterocycles. The summed E-state index contributed by atoms with van der Waals surface area (Å²) in [6, 6.07) is 4.09. The Labute approximate surface area is 123 Å². The Balaban J connectivity index is 0.000000690. The molecular weight excluding hydrogens is 302 g/mol. The van der Waals surface area contributed by atoms with E-state index in [-0.39, 0.29) is 11.5 Å². The molecule has 0 amide bonds. The molecule has 1 rings (SSSR count). The van der Waals surface area contributed by atoms with Gasteiger partial charge in [-0.2, -0.15) is 8.42 Å². The van der Waals surface area contributed by atoms with Crippen LogP contribution in [0.2, 0.25) is 0 Å². The first-order valence-electron chi connectivity index (χ1n) is 6.16. The van der Waals surface area contributed by atoms with Gasteiger partial charge in [0.05, 0.1) is 0 Å². The predicted molar refractivity (Wildman–Crippen MR) is 76.4 cm³/mol. The summed E-state index contributed by atoms with van der Waals surface area (Å²) in [6.45, 7) is 4.34. The number of aliphatic hydroxyl groups is 1. The molecule has 1 unspecified atom stereocenters. The third-order valence-corrected chi connectivity index (χ3v) is 2.46. The summed E-state index contributed by atoms with van der Waals surface area (Å²) in [4.78, 5) is 0. The number of aromatic hydroxyl groups is 2. The van der Waals surface area contributed by atoms with Crippen LogP contribution in [-0.4, -0.2) is 39.4 Å². The maximum absolute atomic E-state index is 10.1. The van der Waals surface area contributed by atoms with E-state index in [0.717, 1.165) is 12.8 Å². The van der Waals surface area contributed by atoms with Crippen molar-refractivity contribution in [3.8, 4) is 11.5 Å². The van der Waals surface area contributed by atoms with Crippen LogP contribution in [0.4, 0.5) is 0 Å². The summed E-state index contributed by atoms with van der Waals surface area (Å²) in [6.07, 6.45) is 2.00. The zero-order valence-corrected chi connectivity index (χ0v) is 12.6. The van der Waals surface area contributed by atoms with Crippen LogP contribution in [0.5, 0.6) is 11.5 Å². The predicted octanol–water partition coefficient (Wildman–Crippen LogP) is 1.000. The molecule has 0 fully saturated rings. The van der Waals surface area contributed by atoms with Gasteiger partial charge in [0.15, 0.2) is 0 Å². The van der Waals surface area contributed by atoms with Crippen LogP contribution in [0.3, 0.4) is 0 Å². The standard InChI is InChI=1S/C12H19NO3.H2O4S/c1-3-4-5-13-12(2,16)9-6-10(14)8-11(15)7-9;1-5(2,3)4/h6-8,13-16H,3-5H2,1-2H3;(H2,1,2,3,4). The van der Waals surface area contributed by atoms with Gasteiger partial charge in [-0.15, -0.1) is 0 Å². The molecule has 8 nitrogen and oxygen atoms in total. The molecule has 0 aliphatic carbocycles. The van der Waals surface area contributed by atoms with Crippen molar-refractivity contribution in [2.45, 2.75) is 32.4 Å². The average Bonchev–Trinajstić information content (AvgIpc) is 2.25. The van der Waals surface area contributed by atoms with E-state index in [9.17, 15) is 15.3 Å². The lowest BCUT2D eigenvalue weighted by Crippen LogP contribution is -2.39. The van der Waals surface area contributed by atoms with Gasteiger partial charge < -0.3 is 15.3 Å². The van der Waals surface area contributed by atoms with Crippen LogP contribution < -0.4 is 5.32 Å². The number of phenolic OH excluding ortho intramolecular Hbond substituents is 2. The van der Waals surface area contributed by atoms with Gasteiger partial charge in [0, 0.05) is 11.6 Å². The van der Waals surface area contributed by atoms with Gasteiger partial charge in [-0.25, -0.2) is 0 Å². The Hall–Kier alpha value is -1.39. The quantitative estimate of drug-likeness (QED) is 0.267. The molecule has 0 spiro atoms. The zero-order chi connectivity index (χ0) is 16.7. The van der Waals surface area contributed by atoms with E-state index >= 15 is 0 Å². The largest absolute Gasteiger partial charge is 0.508 e. The molecule has 0 saturated carbocycles.